The van der Waals surface area contributed by atoms with Crippen molar-refractivity contribution in [3.8, 4) is 5.75 Å². The highest BCUT2D eigenvalue weighted by molar-refractivity contribution is 7.98. The average molecular weight is 579 g/mol. The number of nitrogens with one attached hydrogen (secondary N) is 2. The van der Waals surface area contributed by atoms with Crippen molar-refractivity contribution in [2.24, 2.45) is 0 Å². The molecule has 0 aliphatic carbocycles. The number of unbranched alkanes of at least 4 members (excludes halogenated alkanes) is 2. The second-order valence-electron chi connectivity index (χ2n) is 9.42. The minimum Gasteiger partial charge on any atom is -0.508 e. The van der Waals surface area contributed by atoms with E-state index in [9.17, 15) is 23.9 Å². The third kappa shape index (κ3) is 10.4. The van der Waals surface area contributed by atoms with Crippen molar-refractivity contribution < 1.29 is 28.6 Å². The van der Waals surface area contributed by atoms with Crippen LogP contribution in [0.1, 0.15) is 42.4 Å². The molecule has 0 aliphatic rings. The molecule has 0 radical (unpaired) electrons. The van der Waals surface area contributed by atoms with Crippen LogP contribution in [0.4, 0.5) is 4.39 Å². The Morgan fingerprint density at radius 3 is 2.27 bits per heavy atom. The van der Waals surface area contributed by atoms with Gasteiger partial charge < -0.3 is 20.5 Å². The highest BCUT2D eigenvalue weighted by Crippen LogP contribution is 2.22. The van der Waals surface area contributed by atoms with Gasteiger partial charge in [-0.2, -0.15) is 0 Å². The quantitative estimate of drug-likeness (QED) is 0.0781. The second kappa shape index (κ2) is 16.2. The van der Waals surface area contributed by atoms with Crippen LogP contribution in [0.5, 0.6) is 5.75 Å². The van der Waals surface area contributed by atoms with Gasteiger partial charge in [0, 0.05) is 29.9 Å². The molecule has 0 fully saturated rings. The Balaban J connectivity index is 1.48. The van der Waals surface area contributed by atoms with Crippen LogP contribution in [0.2, 0.25) is 0 Å². The van der Waals surface area contributed by atoms with Crippen molar-refractivity contribution in [1.82, 2.24) is 10.6 Å². The minimum atomic E-state index is -0.829. The maximum atomic E-state index is 13.5. The first-order valence-electron chi connectivity index (χ1n) is 13.3. The molecule has 3 rings (SSSR count). The lowest BCUT2D eigenvalue weighted by molar-refractivity contribution is -0.145. The summed E-state index contributed by atoms with van der Waals surface area (Å²) in [6.45, 7) is 0.413. The third-order valence-corrected chi connectivity index (χ3v) is 7.13. The monoisotopic (exact) mass is 578 g/mol. The fraction of sp³-hybridized carbons (Fsp3) is 0.281. The molecule has 0 heterocycles. The number of phenols is 1. The van der Waals surface area contributed by atoms with E-state index in [2.05, 4.69) is 10.6 Å². The van der Waals surface area contributed by atoms with Crippen molar-refractivity contribution >= 4 is 41.2 Å². The van der Waals surface area contributed by atoms with Gasteiger partial charge in [0.1, 0.15) is 17.6 Å². The van der Waals surface area contributed by atoms with E-state index >= 15 is 0 Å². The van der Waals surface area contributed by atoms with Gasteiger partial charge in [0.15, 0.2) is 0 Å². The zero-order valence-electron chi connectivity index (χ0n) is 23.2. The molecule has 0 saturated heterocycles. The molecule has 3 aromatic rings. The maximum absolute atomic E-state index is 13.5. The summed E-state index contributed by atoms with van der Waals surface area (Å²) in [5, 5.41) is 15.1. The van der Waals surface area contributed by atoms with E-state index < -0.39 is 12.0 Å². The summed E-state index contributed by atoms with van der Waals surface area (Å²) >= 11 is 1.63. The summed E-state index contributed by atoms with van der Waals surface area (Å²) in [6, 6.07) is 19.2. The third-order valence-electron chi connectivity index (χ3n) is 6.39. The summed E-state index contributed by atoms with van der Waals surface area (Å²) in [5.41, 5.74) is 2.69. The fourth-order valence-electron chi connectivity index (χ4n) is 4.13. The Hall–Kier alpha value is -4.11. The van der Waals surface area contributed by atoms with E-state index in [1.165, 1.54) is 31.4 Å². The predicted octanol–water partition coefficient (Wildman–Crippen LogP) is 5.37. The standard InChI is InChI=1S/C32H35FN2O5S/c1-40-32(39)29(21-23-7-15-26(36)16-8-23)35-30(37)6-4-3-5-19-34-31(38)28(24-11-13-25(33)14-12-24)20-22-9-17-27(41-2)18-10-22/h7-18,20,29,36H,3-6,19,21H2,1-2H3,(H,34,38)(H,35,37). The van der Waals surface area contributed by atoms with Crippen LogP contribution >= 0.6 is 11.8 Å². The molecular weight excluding hydrogens is 543 g/mol. The number of carbonyl (C=O) groups is 3. The summed E-state index contributed by atoms with van der Waals surface area (Å²) in [5.74, 6) is -1.33. The van der Waals surface area contributed by atoms with Crippen molar-refractivity contribution in [2.45, 2.75) is 43.0 Å². The second-order valence-corrected chi connectivity index (χ2v) is 10.3. The number of carbonyl (C=O) groups excluding carboxylic acids is 3. The van der Waals surface area contributed by atoms with Gasteiger partial charge in [-0.1, -0.05) is 42.8 Å². The largest absolute Gasteiger partial charge is 0.508 e. The van der Waals surface area contributed by atoms with Crippen molar-refractivity contribution in [2.75, 3.05) is 19.9 Å². The van der Waals surface area contributed by atoms with Gasteiger partial charge >= 0.3 is 5.97 Å². The first kappa shape index (κ1) is 31.4. The maximum Gasteiger partial charge on any atom is 0.328 e. The number of rotatable bonds is 14. The number of halogens is 1. The number of ether oxygens (including phenoxy) is 1. The Labute approximate surface area is 244 Å². The number of methoxy groups -OCH3 is 1. The number of hydrogen-bond acceptors (Lipinski definition) is 6. The molecule has 9 heteroatoms. The van der Waals surface area contributed by atoms with Crippen LogP contribution in [0.25, 0.3) is 11.6 Å². The Bertz CT molecular complexity index is 1330. The van der Waals surface area contributed by atoms with E-state index in [1.807, 2.05) is 30.5 Å². The predicted molar refractivity (Wildman–Crippen MR) is 160 cm³/mol. The van der Waals surface area contributed by atoms with Crippen LogP contribution in [-0.2, 0) is 25.5 Å². The molecule has 1 atom stereocenters. The fourth-order valence-corrected chi connectivity index (χ4v) is 4.54. The van der Waals surface area contributed by atoms with E-state index in [0.29, 0.717) is 36.9 Å². The lowest BCUT2D eigenvalue weighted by Gasteiger charge is -2.16. The first-order valence-corrected chi connectivity index (χ1v) is 14.6. The zero-order valence-corrected chi connectivity index (χ0v) is 24.0. The molecule has 0 aromatic heterocycles. The number of amides is 2. The molecule has 0 bridgehead atoms. The lowest BCUT2D eigenvalue weighted by atomic mass is 10.0. The first-order chi connectivity index (χ1) is 19.8. The number of hydrogen-bond donors (Lipinski definition) is 3. The SMILES string of the molecule is COC(=O)C(Cc1ccc(O)cc1)NC(=O)CCCCCNC(=O)C(=Cc1ccc(SC)cc1)c1ccc(F)cc1. The molecule has 41 heavy (non-hydrogen) atoms. The lowest BCUT2D eigenvalue weighted by Crippen LogP contribution is -2.43. The number of benzene rings is 3. The van der Waals surface area contributed by atoms with E-state index in [1.54, 1.807) is 42.1 Å². The van der Waals surface area contributed by atoms with Crippen LogP contribution in [0.15, 0.2) is 77.7 Å². The van der Waals surface area contributed by atoms with Gasteiger partial charge in [-0.05, 0) is 78.3 Å². The Morgan fingerprint density at radius 1 is 0.951 bits per heavy atom. The summed E-state index contributed by atoms with van der Waals surface area (Å²) in [7, 11) is 1.27. The number of phenolic OH excluding ortho intramolecular Hbond substituents is 1. The normalized spacial score (nSPS) is 11.9. The minimum absolute atomic E-state index is 0.118. The molecule has 2 amide bonds. The van der Waals surface area contributed by atoms with Gasteiger partial charge in [-0.25, -0.2) is 9.18 Å². The molecule has 0 aliphatic heterocycles. The summed E-state index contributed by atoms with van der Waals surface area (Å²) in [4.78, 5) is 38.8. The van der Waals surface area contributed by atoms with E-state index in [-0.39, 0.29) is 36.2 Å². The van der Waals surface area contributed by atoms with Gasteiger partial charge in [0.05, 0.1) is 7.11 Å². The number of aromatic hydroxyl groups is 1. The number of esters is 1. The van der Waals surface area contributed by atoms with Gasteiger partial charge in [-0.3, -0.25) is 9.59 Å². The topological polar surface area (TPSA) is 105 Å². The molecule has 1 unspecified atom stereocenters. The summed E-state index contributed by atoms with van der Waals surface area (Å²) in [6.07, 6.45) is 6.18. The summed E-state index contributed by atoms with van der Waals surface area (Å²) < 4.78 is 18.3. The van der Waals surface area contributed by atoms with Crippen molar-refractivity contribution in [1.29, 1.82) is 0 Å². The molecule has 3 N–H and O–H groups in total. The van der Waals surface area contributed by atoms with E-state index in [0.717, 1.165) is 16.0 Å². The van der Waals surface area contributed by atoms with Crippen molar-refractivity contribution in [3.63, 3.8) is 0 Å². The highest BCUT2D eigenvalue weighted by atomic mass is 32.2. The smallest absolute Gasteiger partial charge is 0.328 e. The Kier molecular flexibility index (Phi) is 12.4. The average Bonchev–Trinajstić information content (AvgIpc) is 2.98. The Morgan fingerprint density at radius 2 is 1.63 bits per heavy atom. The zero-order chi connectivity index (χ0) is 29.6. The highest BCUT2D eigenvalue weighted by Gasteiger charge is 2.22. The molecule has 0 saturated carbocycles. The van der Waals surface area contributed by atoms with Gasteiger partial charge in [-0.15, -0.1) is 11.8 Å². The van der Waals surface area contributed by atoms with Crippen LogP contribution in [0.3, 0.4) is 0 Å². The molecule has 0 spiro atoms. The molecule has 3 aromatic carbocycles. The molecule has 7 nitrogen and oxygen atoms in total. The van der Waals surface area contributed by atoms with Crippen LogP contribution in [-0.4, -0.2) is 48.8 Å². The van der Waals surface area contributed by atoms with Crippen LogP contribution in [0, 0.1) is 5.82 Å². The van der Waals surface area contributed by atoms with Gasteiger partial charge in [0.25, 0.3) is 5.91 Å². The molecular formula is C32H35FN2O5S. The molecule has 216 valence electrons. The van der Waals surface area contributed by atoms with Gasteiger partial charge in [0.2, 0.25) is 5.91 Å². The van der Waals surface area contributed by atoms with E-state index in [4.69, 9.17) is 4.74 Å². The van der Waals surface area contributed by atoms with Crippen LogP contribution < -0.4 is 10.6 Å². The van der Waals surface area contributed by atoms with Crippen molar-refractivity contribution in [3.05, 3.63) is 95.3 Å². The number of thioether (sulfide) groups is 1.